The molecule has 0 spiro atoms. The molecule has 0 amide bonds. The molecule has 0 unspecified atom stereocenters. The number of nitrogens with zero attached hydrogens (tertiary/aromatic N) is 4. The molecule has 1 saturated heterocycles. The Kier molecular flexibility index (Phi) is 13.6. The van der Waals surface area contributed by atoms with Crippen molar-refractivity contribution in [2.75, 3.05) is 72.3 Å². The van der Waals surface area contributed by atoms with E-state index in [4.69, 9.17) is 9.73 Å². The molecule has 1 rings (SSSR count). The highest BCUT2D eigenvalue weighted by atomic mass is 32.2. The molecular formula is C21H45N5O3S. The van der Waals surface area contributed by atoms with Gasteiger partial charge in [0.25, 0.3) is 0 Å². The third kappa shape index (κ3) is 11.5. The molecular weight excluding hydrogens is 402 g/mol. The molecule has 1 aliphatic rings. The summed E-state index contributed by atoms with van der Waals surface area (Å²) in [4.78, 5) is 9.19. The van der Waals surface area contributed by atoms with Crippen molar-refractivity contribution < 1.29 is 13.2 Å². The Bertz CT molecular complexity index is 573. The first-order valence-corrected chi connectivity index (χ1v) is 13.1. The minimum Gasteiger partial charge on any atom is -0.378 e. The minimum atomic E-state index is -3.26. The molecule has 178 valence electrons. The van der Waals surface area contributed by atoms with E-state index in [0.29, 0.717) is 26.2 Å². The largest absolute Gasteiger partial charge is 0.378 e. The van der Waals surface area contributed by atoms with Crippen LogP contribution in [0, 0.1) is 0 Å². The average Bonchev–Trinajstić information content (AvgIpc) is 2.68. The number of hydrogen-bond acceptors (Lipinski definition) is 5. The third-order valence-electron chi connectivity index (χ3n) is 5.08. The van der Waals surface area contributed by atoms with E-state index in [1.54, 1.807) is 4.31 Å². The number of ether oxygens (including phenoxy) is 1. The molecule has 1 heterocycles. The first-order valence-electron chi connectivity index (χ1n) is 11.5. The molecule has 0 bridgehead atoms. The maximum absolute atomic E-state index is 12.5. The van der Waals surface area contributed by atoms with Gasteiger partial charge in [-0.3, -0.25) is 4.99 Å². The molecule has 0 radical (unpaired) electrons. The van der Waals surface area contributed by atoms with Crippen LogP contribution in [0.2, 0.25) is 0 Å². The van der Waals surface area contributed by atoms with Gasteiger partial charge in [0.1, 0.15) is 0 Å². The highest BCUT2D eigenvalue weighted by molar-refractivity contribution is 7.89. The minimum absolute atomic E-state index is 0.0495. The Hall–Kier alpha value is -0.900. The fourth-order valence-electron chi connectivity index (χ4n) is 3.38. The van der Waals surface area contributed by atoms with Crippen LogP contribution in [0.3, 0.4) is 0 Å². The van der Waals surface area contributed by atoms with Gasteiger partial charge in [0.2, 0.25) is 10.0 Å². The number of nitrogens with one attached hydrogen (secondary N) is 1. The smallest absolute Gasteiger partial charge is 0.216 e. The summed E-state index contributed by atoms with van der Waals surface area (Å²) < 4.78 is 32.0. The molecule has 1 fully saturated rings. The number of piperazine rings is 1. The van der Waals surface area contributed by atoms with Crippen LogP contribution in [-0.4, -0.2) is 107 Å². The standard InChI is InChI=1S/C21H45N5O3S/c1-6-22-21(23-12-10-8-7-9-11-13-24(4)5)25-14-16-26(17-15-25)30(27,28)19-18-29-20(2)3/h20H,6-19H2,1-5H3,(H,22,23). The lowest BCUT2D eigenvalue weighted by Gasteiger charge is -2.36. The topological polar surface area (TPSA) is 77.5 Å². The first kappa shape index (κ1) is 27.1. The van der Waals surface area contributed by atoms with E-state index in [2.05, 4.69) is 36.1 Å². The second-order valence-corrected chi connectivity index (χ2v) is 10.5. The van der Waals surface area contributed by atoms with Gasteiger partial charge in [0.15, 0.2) is 5.96 Å². The zero-order valence-corrected chi connectivity index (χ0v) is 20.7. The highest BCUT2D eigenvalue weighted by Crippen LogP contribution is 2.10. The number of guanidine groups is 1. The fraction of sp³-hybridized carbons (Fsp3) is 0.952. The Morgan fingerprint density at radius 2 is 1.70 bits per heavy atom. The number of aliphatic imine (C=N–C) groups is 1. The zero-order chi connectivity index (χ0) is 22.4. The molecule has 8 nitrogen and oxygen atoms in total. The molecule has 0 aromatic rings. The quantitative estimate of drug-likeness (QED) is 0.249. The van der Waals surface area contributed by atoms with E-state index in [-0.39, 0.29) is 18.5 Å². The van der Waals surface area contributed by atoms with E-state index < -0.39 is 10.0 Å². The lowest BCUT2D eigenvalue weighted by Crippen LogP contribution is -2.54. The maximum atomic E-state index is 12.5. The predicted octanol–water partition coefficient (Wildman–Crippen LogP) is 1.84. The number of rotatable bonds is 14. The Morgan fingerprint density at radius 3 is 2.30 bits per heavy atom. The summed E-state index contributed by atoms with van der Waals surface area (Å²) in [5.74, 6) is 0.957. The SMILES string of the molecule is CCNC(=NCCCCCCCN(C)C)N1CCN(S(=O)(=O)CCOC(C)C)CC1. The van der Waals surface area contributed by atoms with Crippen molar-refractivity contribution in [3.05, 3.63) is 0 Å². The molecule has 0 atom stereocenters. The van der Waals surface area contributed by atoms with Crippen molar-refractivity contribution in [1.29, 1.82) is 0 Å². The van der Waals surface area contributed by atoms with Crippen LogP contribution < -0.4 is 5.32 Å². The molecule has 9 heteroatoms. The van der Waals surface area contributed by atoms with Gasteiger partial charge in [-0.1, -0.05) is 19.3 Å². The van der Waals surface area contributed by atoms with Gasteiger partial charge in [-0.15, -0.1) is 0 Å². The summed E-state index contributed by atoms with van der Waals surface area (Å²) in [6.07, 6.45) is 6.16. The molecule has 30 heavy (non-hydrogen) atoms. The summed E-state index contributed by atoms with van der Waals surface area (Å²) >= 11 is 0. The van der Waals surface area contributed by atoms with Gasteiger partial charge in [0.05, 0.1) is 18.5 Å². The van der Waals surface area contributed by atoms with Crippen molar-refractivity contribution in [2.24, 2.45) is 4.99 Å². The summed E-state index contributed by atoms with van der Waals surface area (Å²) in [6.45, 7) is 11.3. The van der Waals surface area contributed by atoms with Gasteiger partial charge in [0, 0.05) is 39.3 Å². The average molecular weight is 448 g/mol. The number of hydrogen-bond donors (Lipinski definition) is 1. The van der Waals surface area contributed by atoms with Crippen molar-refractivity contribution >= 4 is 16.0 Å². The van der Waals surface area contributed by atoms with Gasteiger partial charge in [-0.25, -0.2) is 8.42 Å². The maximum Gasteiger partial charge on any atom is 0.216 e. The number of unbranched alkanes of at least 4 members (excludes halogenated alkanes) is 4. The summed E-state index contributed by atoms with van der Waals surface area (Å²) in [7, 11) is 0.978. The Morgan fingerprint density at radius 1 is 1.07 bits per heavy atom. The Balaban J connectivity index is 2.37. The van der Waals surface area contributed by atoms with Crippen LogP contribution in [0.15, 0.2) is 4.99 Å². The predicted molar refractivity (Wildman–Crippen MR) is 126 cm³/mol. The van der Waals surface area contributed by atoms with Crippen LogP contribution in [0.25, 0.3) is 0 Å². The molecule has 1 aliphatic heterocycles. The van der Waals surface area contributed by atoms with E-state index >= 15 is 0 Å². The lowest BCUT2D eigenvalue weighted by atomic mass is 10.1. The van der Waals surface area contributed by atoms with Gasteiger partial charge in [-0.05, 0) is 54.3 Å². The molecule has 0 aliphatic carbocycles. The van der Waals surface area contributed by atoms with Gasteiger partial charge >= 0.3 is 0 Å². The van der Waals surface area contributed by atoms with E-state index in [9.17, 15) is 8.42 Å². The summed E-state index contributed by atoms with van der Waals surface area (Å²) in [5.41, 5.74) is 0. The van der Waals surface area contributed by atoms with Crippen molar-refractivity contribution in [2.45, 2.75) is 59.0 Å². The fourth-order valence-corrected chi connectivity index (χ4v) is 4.66. The van der Waals surface area contributed by atoms with Crippen LogP contribution in [0.5, 0.6) is 0 Å². The molecule has 0 saturated carbocycles. The summed E-state index contributed by atoms with van der Waals surface area (Å²) in [6, 6.07) is 0. The van der Waals surface area contributed by atoms with Gasteiger partial charge in [-0.2, -0.15) is 4.31 Å². The van der Waals surface area contributed by atoms with Crippen LogP contribution in [-0.2, 0) is 14.8 Å². The second-order valence-electron chi connectivity index (χ2n) is 8.43. The van der Waals surface area contributed by atoms with Gasteiger partial charge < -0.3 is 19.9 Å². The third-order valence-corrected chi connectivity index (χ3v) is 6.92. The van der Waals surface area contributed by atoms with E-state index in [1.807, 2.05) is 13.8 Å². The highest BCUT2D eigenvalue weighted by Gasteiger charge is 2.27. The Labute approximate surface area is 185 Å². The molecule has 0 aromatic heterocycles. The molecule has 1 N–H and O–H groups in total. The normalized spacial score (nSPS) is 16.6. The second kappa shape index (κ2) is 15.0. The van der Waals surface area contributed by atoms with Crippen molar-refractivity contribution in [3.8, 4) is 0 Å². The van der Waals surface area contributed by atoms with Crippen LogP contribution in [0.4, 0.5) is 0 Å². The summed E-state index contributed by atoms with van der Waals surface area (Å²) in [5, 5.41) is 3.36. The first-order chi connectivity index (χ1) is 14.3. The van der Waals surface area contributed by atoms with E-state index in [1.165, 1.54) is 25.7 Å². The zero-order valence-electron chi connectivity index (χ0n) is 19.9. The van der Waals surface area contributed by atoms with E-state index in [0.717, 1.165) is 32.0 Å². The van der Waals surface area contributed by atoms with Crippen molar-refractivity contribution in [1.82, 2.24) is 19.4 Å². The van der Waals surface area contributed by atoms with Crippen LogP contribution in [0.1, 0.15) is 52.9 Å². The monoisotopic (exact) mass is 447 g/mol. The lowest BCUT2D eigenvalue weighted by molar-refractivity contribution is 0.0904. The molecule has 0 aromatic carbocycles. The van der Waals surface area contributed by atoms with Crippen molar-refractivity contribution in [3.63, 3.8) is 0 Å². The number of sulfonamides is 1. The van der Waals surface area contributed by atoms with Crippen LogP contribution >= 0.6 is 0 Å².